The van der Waals surface area contributed by atoms with Crippen LogP contribution in [0.5, 0.6) is 0 Å². The van der Waals surface area contributed by atoms with Gasteiger partial charge in [-0.25, -0.2) is 0 Å². The molecule has 2 aromatic carbocycles. The smallest absolute Gasteiger partial charge is 0.255 e. The molecule has 1 amide bonds. The van der Waals surface area contributed by atoms with Crippen LogP contribution in [0.25, 0.3) is 10.4 Å². The first-order valence-corrected chi connectivity index (χ1v) is 9.78. The molecule has 3 N–H and O–H groups in total. The molecule has 3 nitrogen and oxygen atoms in total. The van der Waals surface area contributed by atoms with Crippen molar-refractivity contribution in [3.8, 4) is 10.4 Å². The molecule has 134 valence electrons. The van der Waals surface area contributed by atoms with Crippen molar-refractivity contribution in [1.29, 1.82) is 0 Å². The third-order valence-electron chi connectivity index (χ3n) is 4.60. The van der Waals surface area contributed by atoms with E-state index >= 15 is 0 Å². The maximum absolute atomic E-state index is 12.6. The number of anilines is 2. The van der Waals surface area contributed by atoms with Crippen LogP contribution < -0.4 is 11.1 Å². The fourth-order valence-electron chi connectivity index (χ4n) is 2.79. The lowest BCUT2D eigenvalue weighted by Gasteiger charge is -2.11. The number of amides is 1. The summed E-state index contributed by atoms with van der Waals surface area (Å²) in [5, 5.41) is 4.97. The number of carbonyl (C=O) groups excluding carboxylic acids is 1. The van der Waals surface area contributed by atoms with Gasteiger partial charge in [0, 0.05) is 10.4 Å². The van der Waals surface area contributed by atoms with E-state index in [1.165, 1.54) is 5.56 Å². The summed E-state index contributed by atoms with van der Waals surface area (Å²) in [4.78, 5) is 13.7. The maximum atomic E-state index is 12.6. The molecule has 0 fully saturated rings. The molecule has 0 aliphatic carbocycles. The van der Waals surface area contributed by atoms with Gasteiger partial charge in [0.1, 0.15) is 0 Å². The number of nitrogens with two attached hydrogens (primary N) is 1. The standard InChI is InChI=1S/C22H24N2OS/c1-3-15(2)13-16-6-8-17(9-7-16)22(25)24-20-14-18(10-11-19(20)23)21-5-4-12-26-21/h4-12,14-15H,3,13,23H2,1-2H3,(H,24,25). The average molecular weight is 365 g/mol. The Morgan fingerprint density at radius 1 is 1.15 bits per heavy atom. The highest BCUT2D eigenvalue weighted by molar-refractivity contribution is 7.13. The van der Waals surface area contributed by atoms with Crippen molar-refractivity contribution in [1.82, 2.24) is 0 Å². The van der Waals surface area contributed by atoms with Crippen molar-refractivity contribution in [3.63, 3.8) is 0 Å². The minimum atomic E-state index is -0.143. The number of benzene rings is 2. The first-order valence-electron chi connectivity index (χ1n) is 8.90. The maximum Gasteiger partial charge on any atom is 0.255 e. The molecule has 0 saturated heterocycles. The van der Waals surface area contributed by atoms with E-state index in [1.807, 2.05) is 53.9 Å². The lowest BCUT2D eigenvalue weighted by atomic mass is 9.98. The third kappa shape index (κ3) is 4.33. The SMILES string of the molecule is CCC(C)Cc1ccc(C(=O)Nc2cc(-c3cccs3)ccc2N)cc1. The van der Waals surface area contributed by atoms with Gasteiger partial charge < -0.3 is 11.1 Å². The predicted molar refractivity (Wildman–Crippen MR) is 112 cm³/mol. The summed E-state index contributed by atoms with van der Waals surface area (Å²) >= 11 is 1.66. The van der Waals surface area contributed by atoms with Crippen LogP contribution in [0.15, 0.2) is 60.0 Å². The van der Waals surface area contributed by atoms with Crippen molar-refractivity contribution in [2.24, 2.45) is 5.92 Å². The van der Waals surface area contributed by atoms with E-state index in [9.17, 15) is 4.79 Å². The summed E-state index contributed by atoms with van der Waals surface area (Å²) in [7, 11) is 0. The van der Waals surface area contributed by atoms with Crippen LogP contribution in [0, 0.1) is 5.92 Å². The Morgan fingerprint density at radius 2 is 1.92 bits per heavy atom. The zero-order chi connectivity index (χ0) is 18.5. The second-order valence-electron chi connectivity index (χ2n) is 6.65. The van der Waals surface area contributed by atoms with Gasteiger partial charge in [0.2, 0.25) is 0 Å². The van der Waals surface area contributed by atoms with Crippen molar-refractivity contribution < 1.29 is 4.79 Å². The topological polar surface area (TPSA) is 55.1 Å². The first-order chi connectivity index (χ1) is 12.6. The monoisotopic (exact) mass is 364 g/mol. The lowest BCUT2D eigenvalue weighted by Crippen LogP contribution is -2.13. The normalized spacial score (nSPS) is 11.9. The van der Waals surface area contributed by atoms with Gasteiger partial charge >= 0.3 is 0 Å². The fourth-order valence-corrected chi connectivity index (χ4v) is 3.52. The highest BCUT2D eigenvalue weighted by Crippen LogP contribution is 2.30. The van der Waals surface area contributed by atoms with Gasteiger partial charge in [-0.2, -0.15) is 0 Å². The number of hydrogen-bond acceptors (Lipinski definition) is 3. The summed E-state index contributed by atoms with van der Waals surface area (Å²) in [5.41, 5.74) is 10.2. The van der Waals surface area contributed by atoms with Gasteiger partial charge in [-0.15, -0.1) is 11.3 Å². The second-order valence-corrected chi connectivity index (χ2v) is 7.60. The Labute approximate surface area is 158 Å². The van der Waals surface area contributed by atoms with Crippen LogP contribution >= 0.6 is 11.3 Å². The number of carbonyl (C=O) groups is 1. The first kappa shape index (κ1) is 18.2. The summed E-state index contributed by atoms with van der Waals surface area (Å²) < 4.78 is 0. The molecule has 4 heteroatoms. The Balaban J connectivity index is 1.74. The molecule has 0 aliphatic rings. The van der Waals surface area contributed by atoms with Crippen molar-refractivity contribution in [2.45, 2.75) is 26.7 Å². The van der Waals surface area contributed by atoms with Gasteiger partial charge in [-0.3, -0.25) is 4.79 Å². The van der Waals surface area contributed by atoms with Crippen LogP contribution in [-0.4, -0.2) is 5.91 Å². The van der Waals surface area contributed by atoms with Crippen molar-refractivity contribution >= 4 is 28.6 Å². The Morgan fingerprint density at radius 3 is 2.58 bits per heavy atom. The number of thiophene rings is 1. The average Bonchev–Trinajstić information content (AvgIpc) is 3.18. The highest BCUT2D eigenvalue weighted by atomic mass is 32.1. The Bertz CT molecular complexity index is 870. The van der Waals surface area contributed by atoms with Gasteiger partial charge in [-0.05, 0) is 59.2 Å². The largest absolute Gasteiger partial charge is 0.397 e. The molecule has 1 heterocycles. The molecule has 0 bridgehead atoms. The minimum absolute atomic E-state index is 0.143. The number of nitrogen functional groups attached to an aromatic ring is 1. The van der Waals surface area contributed by atoms with E-state index in [1.54, 1.807) is 11.3 Å². The van der Waals surface area contributed by atoms with E-state index in [4.69, 9.17) is 5.73 Å². The van der Waals surface area contributed by atoms with Crippen LogP contribution in [0.1, 0.15) is 36.2 Å². The third-order valence-corrected chi connectivity index (χ3v) is 5.52. The number of hydrogen-bond donors (Lipinski definition) is 2. The van der Waals surface area contributed by atoms with Crippen LogP contribution in [0.2, 0.25) is 0 Å². The minimum Gasteiger partial charge on any atom is -0.397 e. The molecule has 1 unspecified atom stereocenters. The predicted octanol–water partition coefficient (Wildman–Crippen LogP) is 5.84. The fraction of sp³-hybridized carbons (Fsp3) is 0.227. The summed E-state index contributed by atoms with van der Waals surface area (Å²) in [6, 6.07) is 17.6. The quantitative estimate of drug-likeness (QED) is 0.540. The molecule has 1 aromatic heterocycles. The van der Waals surface area contributed by atoms with Gasteiger partial charge in [0.25, 0.3) is 5.91 Å². The molecule has 0 saturated carbocycles. The molecule has 3 aromatic rings. The van der Waals surface area contributed by atoms with Gasteiger partial charge in [0.05, 0.1) is 11.4 Å². The van der Waals surface area contributed by atoms with Crippen molar-refractivity contribution in [3.05, 3.63) is 71.1 Å². The molecular formula is C22H24N2OS. The molecular weight excluding hydrogens is 340 g/mol. The molecule has 26 heavy (non-hydrogen) atoms. The lowest BCUT2D eigenvalue weighted by molar-refractivity contribution is 0.102. The Kier molecular flexibility index (Phi) is 5.74. The molecule has 0 radical (unpaired) electrons. The molecule has 0 spiro atoms. The summed E-state index contributed by atoms with van der Waals surface area (Å²) in [6.45, 7) is 4.44. The van der Waals surface area contributed by atoms with E-state index in [2.05, 4.69) is 25.2 Å². The van der Waals surface area contributed by atoms with E-state index in [0.29, 0.717) is 22.9 Å². The number of rotatable bonds is 6. The van der Waals surface area contributed by atoms with E-state index in [-0.39, 0.29) is 5.91 Å². The summed E-state index contributed by atoms with van der Waals surface area (Å²) in [5.74, 6) is 0.504. The van der Waals surface area contributed by atoms with Gasteiger partial charge in [0.15, 0.2) is 0 Å². The zero-order valence-electron chi connectivity index (χ0n) is 15.2. The van der Waals surface area contributed by atoms with Crippen LogP contribution in [-0.2, 0) is 6.42 Å². The van der Waals surface area contributed by atoms with Crippen LogP contribution in [0.4, 0.5) is 11.4 Å². The number of nitrogens with one attached hydrogen (secondary N) is 1. The summed E-state index contributed by atoms with van der Waals surface area (Å²) in [6.07, 6.45) is 2.19. The Hall–Kier alpha value is -2.59. The van der Waals surface area contributed by atoms with E-state index < -0.39 is 0 Å². The van der Waals surface area contributed by atoms with Gasteiger partial charge in [-0.1, -0.05) is 44.5 Å². The van der Waals surface area contributed by atoms with Crippen molar-refractivity contribution in [2.75, 3.05) is 11.1 Å². The van der Waals surface area contributed by atoms with E-state index in [0.717, 1.165) is 23.3 Å². The zero-order valence-corrected chi connectivity index (χ0v) is 16.0. The van der Waals surface area contributed by atoms with Crippen LogP contribution in [0.3, 0.4) is 0 Å². The second kappa shape index (κ2) is 8.19. The molecule has 3 rings (SSSR count). The molecule has 0 aliphatic heterocycles. The molecule has 1 atom stereocenters. The highest BCUT2D eigenvalue weighted by Gasteiger charge is 2.10.